The Labute approximate surface area is 192 Å². The lowest BCUT2D eigenvalue weighted by Gasteiger charge is -2.11. The molecule has 0 aliphatic rings. The van der Waals surface area contributed by atoms with Crippen LogP contribution in [0, 0.1) is 12.7 Å². The average molecular weight is 470 g/mol. The summed E-state index contributed by atoms with van der Waals surface area (Å²) in [6.07, 6.45) is 0. The lowest BCUT2D eigenvalue weighted by molar-refractivity contribution is 0.0942. The van der Waals surface area contributed by atoms with Gasteiger partial charge in [0.2, 0.25) is 0 Å². The summed E-state index contributed by atoms with van der Waals surface area (Å²) < 4.78 is 41.3. The van der Waals surface area contributed by atoms with E-state index < -0.39 is 21.7 Å². The van der Waals surface area contributed by atoms with Crippen LogP contribution >= 0.6 is 0 Å². The zero-order chi connectivity index (χ0) is 24.2. The second kappa shape index (κ2) is 9.83. The van der Waals surface area contributed by atoms with Crippen molar-refractivity contribution in [3.63, 3.8) is 0 Å². The lowest BCUT2D eigenvalue weighted by Crippen LogP contribution is -2.30. The Bertz CT molecular complexity index is 1290. The zero-order valence-corrected chi connectivity index (χ0v) is 19.2. The number of anilines is 2. The molecule has 0 heterocycles. The second-order valence-corrected chi connectivity index (χ2v) is 9.44. The molecule has 0 aromatic heterocycles. The molecule has 3 aromatic carbocycles. The van der Waals surface area contributed by atoms with Crippen LogP contribution in [0.4, 0.5) is 15.8 Å². The second-order valence-electron chi connectivity index (χ2n) is 7.76. The number of rotatable bonds is 7. The van der Waals surface area contributed by atoms with Crippen molar-refractivity contribution in [3.8, 4) is 0 Å². The van der Waals surface area contributed by atoms with Crippen molar-refractivity contribution in [2.24, 2.45) is 0 Å². The first-order valence-corrected chi connectivity index (χ1v) is 11.6. The third-order valence-corrected chi connectivity index (χ3v) is 6.03. The van der Waals surface area contributed by atoms with Gasteiger partial charge in [-0.25, -0.2) is 12.8 Å². The molecule has 2 amide bonds. The quantitative estimate of drug-likeness (QED) is 0.479. The van der Waals surface area contributed by atoms with Crippen molar-refractivity contribution in [3.05, 3.63) is 89.2 Å². The molecule has 3 rings (SSSR count). The van der Waals surface area contributed by atoms with Crippen molar-refractivity contribution in [2.45, 2.75) is 31.7 Å². The number of nitrogens with one attached hydrogen (secondary N) is 3. The summed E-state index contributed by atoms with van der Waals surface area (Å²) in [5.74, 6) is -1.30. The molecule has 3 aromatic rings. The highest BCUT2D eigenvalue weighted by Crippen LogP contribution is 2.20. The van der Waals surface area contributed by atoms with E-state index in [0.717, 1.165) is 6.07 Å². The monoisotopic (exact) mass is 469 g/mol. The van der Waals surface area contributed by atoms with Gasteiger partial charge < -0.3 is 10.6 Å². The fourth-order valence-electron chi connectivity index (χ4n) is 2.93. The van der Waals surface area contributed by atoms with Gasteiger partial charge in [0.25, 0.3) is 21.8 Å². The van der Waals surface area contributed by atoms with Crippen LogP contribution in [0.25, 0.3) is 0 Å². The maximum Gasteiger partial charge on any atom is 0.261 e. The first-order valence-electron chi connectivity index (χ1n) is 10.2. The molecule has 3 N–H and O–H groups in total. The molecule has 0 saturated heterocycles. The third-order valence-electron chi connectivity index (χ3n) is 4.66. The summed E-state index contributed by atoms with van der Waals surface area (Å²) in [7, 11) is -4.04. The fourth-order valence-corrected chi connectivity index (χ4v) is 3.99. The summed E-state index contributed by atoms with van der Waals surface area (Å²) in [5, 5.41) is 5.49. The van der Waals surface area contributed by atoms with E-state index in [2.05, 4.69) is 15.4 Å². The Kier molecular flexibility index (Phi) is 7.13. The number of carbonyl (C=O) groups excluding carboxylic acids is 2. The van der Waals surface area contributed by atoms with Crippen LogP contribution < -0.4 is 15.4 Å². The molecule has 0 aliphatic heterocycles. The number of halogens is 1. The number of hydrogen-bond acceptors (Lipinski definition) is 4. The minimum atomic E-state index is -4.04. The normalized spacial score (nSPS) is 11.2. The van der Waals surface area contributed by atoms with Crippen molar-refractivity contribution < 1.29 is 22.4 Å². The number of amides is 2. The molecule has 0 radical (unpaired) electrons. The SMILES string of the molecule is Cc1ccc(S(=O)(=O)Nc2cccc(C(=O)Nc3ccc(C(=O)NC(C)C)cc3)c2)cc1F. The van der Waals surface area contributed by atoms with Gasteiger partial charge in [-0.3, -0.25) is 14.3 Å². The van der Waals surface area contributed by atoms with Crippen LogP contribution in [-0.4, -0.2) is 26.3 Å². The van der Waals surface area contributed by atoms with Crippen LogP contribution in [0.3, 0.4) is 0 Å². The van der Waals surface area contributed by atoms with E-state index in [-0.39, 0.29) is 28.1 Å². The molecule has 7 nitrogen and oxygen atoms in total. The van der Waals surface area contributed by atoms with Crippen molar-refractivity contribution in [2.75, 3.05) is 10.0 Å². The Morgan fingerprint density at radius 2 is 1.55 bits per heavy atom. The van der Waals surface area contributed by atoms with E-state index in [1.165, 1.54) is 43.3 Å². The summed E-state index contributed by atoms with van der Waals surface area (Å²) >= 11 is 0. The van der Waals surface area contributed by atoms with Crippen LogP contribution in [0.15, 0.2) is 71.6 Å². The molecule has 0 saturated carbocycles. The van der Waals surface area contributed by atoms with Crippen molar-refractivity contribution in [1.82, 2.24) is 5.32 Å². The average Bonchev–Trinajstić information content (AvgIpc) is 2.75. The van der Waals surface area contributed by atoms with E-state index in [1.54, 1.807) is 24.3 Å². The van der Waals surface area contributed by atoms with E-state index in [4.69, 9.17) is 0 Å². The number of hydrogen-bond donors (Lipinski definition) is 3. The van der Waals surface area contributed by atoms with Crippen LogP contribution in [-0.2, 0) is 10.0 Å². The lowest BCUT2D eigenvalue weighted by atomic mass is 10.1. The smallest absolute Gasteiger partial charge is 0.261 e. The van der Waals surface area contributed by atoms with Gasteiger partial charge in [-0.15, -0.1) is 0 Å². The third kappa shape index (κ3) is 6.17. The van der Waals surface area contributed by atoms with E-state index in [0.29, 0.717) is 16.8 Å². The van der Waals surface area contributed by atoms with Gasteiger partial charge in [-0.05, 0) is 80.9 Å². The van der Waals surface area contributed by atoms with Gasteiger partial charge in [0.1, 0.15) is 5.82 Å². The highest BCUT2D eigenvalue weighted by atomic mass is 32.2. The predicted molar refractivity (Wildman–Crippen MR) is 125 cm³/mol. The molecule has 33 heavy (non-hydrogen) atoms. The largest absolute Gasteiger partial charge is 0.350 e. The molecule has 0 unspecified atom stereocenters. The number of carbonyl (C=O) groups is 2. The summed E-state index contributed by atoms with van der Waals surface area (Å²) in [5.41, 5.74) is 1.64. The van der Waals surface area contributed by atoms with Gasteiger partial charge in [0.15, 0.2) is 0 Å². The molecule has 0 aliphatic carbocycles. The van der Waals surface area contributed by atoms with E-state index in [9.17, 15) is 22.4 Å². The molecule has 0 spiro atoms. The Morgan fingerprint density at radius 1 is 0.848 bits per heavy atom. The van der Waals surface area contributed by atoms with Crippen molar-refractivity contribution >= 4 is 33.2 Å². The van der Waals surface area contributed by atoms with Crippen LogP contribution in [0.2, 0.25) is 0 Å². The first kappa shape index (κ1) is 23.9. The minimum absolute atomic E-state index is 0.00612. The Morgan fingerprint density at radius 3 is 2.18 bits per heavy atom. The molecule has 0 bridgehead atoms. The topological polar surface area (TPSA) is 104 Å². The molecule has 9 heteroatoms. The van der Waals surface area contributed by atoms with Gasteiger partial charge in [-0.1, -0.05) is 12.1 Å². The highest BCUT2D eigenvalue weighted by Gasteiger charge is 2.17. The molecular formula is C24H24FN3O4S. The van der Waals surface area contributed by atoms with Gasteiger partial charge >= 0.3 is 0 Å². The first-order chi connectivity index (χ1) is 15.5. The number of aryl methyl sites for hydroxylation is 1. The zero-order valence-electron chi connectivity index (χ0n) is 18.3. The Hall–Kier alpha value is -3.72. The van der Waals surface area contributed by atoms with E-state index in [1.807, 2.05) is 13.8 Å². The van der Waals surface area contributed by atoms with E-state index >= 15 is 0 Å². The molecule has 0 atom stereocenters. The molecule has 172 valence electrons. The minimum Gasteiger partial charge on any atom is -0.350 e. The maximum absolute atomic E-state index is 13.8. The van der Waals surface area contributed by atoms with Gasteiger partial charge in [0.05, 0.1) is 4.90 Å². The predicted octanol–water partition coefficient (Wildman–Crippen LogP) is 4.33. The fraction of sp³-hybridized carbons (Fsp3) is 0.167. The van der Waals surface area contributed by atoms with Crippen LogP contribution in [0.5, 0.6) is 0 Å². The highest BCUT2D eigenvalue weighted by molar-refractivity contribution is 7.92. The van der Waals surface area contributed by atoms with Gasteiger partial charge in [-0.2, -0.15) is 0 Å². The molecule has 0 fully saturated rings. The Balaban J connectivity index is 1.72. The van der Waals surface area contributed by atoms with Crippen molar-refractivity contribution in [1.29, 1.82) is 0 Å². The van der Waals surface area contributed by atoms with Gasteiger partial charge in [0, 0.05) is 28.5 Å². The number of sulfonamides is 1. The summed E-state index contributed by atoms with van der Waals surface area (Å²) in [4.78, 5) is 24.4. The summed E-state index contributed by atoms with van der Waals surface area (Å²) in [6.45, 7) is 5.26. The maximum atomic E-state index is 13.8. The summed E-state index contributed by atoms with van der Waals surface area (Å²) in [6, 6.07) is 16.0. The number of benzene rings is 3. The standard InChI is InChI=1S/C24H24FN3O4S/c1-15(2)26-23(29)17-8-10-19(11-9-17)27-24(30)18-5-4-6-20(13-18)28-33(31,32)21-12-7-16(3)22(25)14-21/h4-15,28H,1-3H3,(H,26,29)(H,27,30). The molecular weight excluding hydrogens is 445 g/mol. The van der Waals surface area contributed by atoms with Crippen LogP contribution in [0.1, 0.15) is 40.1 Å².